The number of hydrogen-bond donors (Lipinski definition) is 3. The van der Waals surface area contributed by atoms with Crippen molar-refractivity contribution in [3.05, 3.63) is 65.2 Å². The molecule has 2 aromatic carbocycles. The van der Waals surface area contributed by atoms with Crippen LogP contribution in [0.25, 0.3) is 0 Å². The third-order valence-electron chi connectivity index (χ3n) is 4.75. The van der Waals surface area contributed by atoms with Crippen LogP contribution in [-0.2, 0) is 4.79 Å². The van der Waals surface area contributed by atoms with Gasteiger partial charge < -0.3 is 21.3 Å². The minimum Gasteiger partial charge on any atom is -0.352 e. The minimum absolute atomic E-state index is 0.0123. The Hall–Kier alpha value is -3.35. The fourth-order valence-electron chi connectivity index (χ4n) is 3.23. The van der Waals surface area contributed by atoms with Crippen LogP contribution in [0.1, 0.15) is 47.8 Å². The molecule has 0 heterocycles. The number of nitrogens with two attached hydrogens (primary N) is 1. The van der Waals surface area contributed by atoms with E-state index >= 15 is 0 Å². The Bertz CT molecular complexity index is 878. The monoisotopic (exact) mass is 396 g/mol. The first kappa shape index (κ1) is 21.9. The van der Waals surface area contributed by atoms with Crippen molar-refractivity contribution in [1.82, 2.24) is 10.2 Å². The van der Waals surface area contributed by atoms with Crippen molar-refractivity contribution in [2.45, 2.75) is 33.2 Å². The highest BCUT2D eigenvalue weighted by Crippen LogP contribution is 2.23. The number of nitrogens with one attached hydrogen (secondary N) is 2. The molecule has 4 N–H and O–H groups in total. The van der Waals surface area contributed by atoms with Crippen LogP contribution in [0.5, 0.6) is 0 Å². The van der Waals surface area contributed by atoms with Gasteiger partial charge in [-0.25, -0.2) is 4.79 Å². The summed E-state index contributed by atoms with van der Waals surface area (Å²) in [7, 11) is 0. The van der Waals surface area contributed by atoms with Crippen molar-refractivity contribution in [3.63, 3.8) is 0 Å². The molecule has 4 amide bonds. The number of nitrogens with zero attached hydrogens (tertiary/aromatic N) is 1. The van der Waals surface area contributed by atoms with Crippen LogP contribution in [0, 0.1) is 6.92 Å². The largest absolute Gasteiger partial charge is 0.352 e. The maximum Gasteiger partial charge on any atom is 0.312 e. The van der Waals surface area contributed by atoms with Crippen molar-refractivity contribution in [2.24, 2.45) is 5.73 Å². The highest BCUT2D eigenvalue weighted by Gasteiger charge is 2.21. The second-order valence-corrected chi connectivity index (χ2v) is 6.69. The Morgan fingerprint density at radius 3 is 2.24 bits per heavy atom. The van der Waals surface area contributed by atoms with Gasteiger partial charge in [0, 0.05) is 13.1 Å². The lowest BCUT2D eigenvalue weighted by Gasteiger charge is -2.22. The van der Waals surface area contributed by atoms with Gasteiger partial charge in [0.15, 0.2) is 0 Å². The van der Waals surface area contributed by atoms with E-state index in [1.54, 1.807) is 29.2 Å². The predicted octanol–water partition coefficient (Wildman–Crippen LogP) is 3.22. The van der Waals surface area contributed by atoms with Crippen LogP contribution in [-0.4, -0.2) is 35.8 Å². The molecule has 0 saturated carbocycles. The molecule has 0 aliphatic rings. The van der Waals surface area contributed by atoms with Gasteiger partial charge in [-0.2, -0.15) is 0 Å². The van der Waals surface area contributed by atoms with E-state index in [9.17, 15) is 14.4 Å². The van der Waals surface area contributed by atoms with Gasteiger partial charge >= 0.3 is 6.03 Å². The summed E-state index contributed by atoms with van der Waals surface area (Å²) in [6, 6.07) is 13.1. The van der Waals surface area contributed by atoms with E-state index in [-0.39, 0.29) is 18.2 Å². The maximum atomic E-state index is 12.7. The first-order chi connectivity index (χ1) is 13.9. The van der Waals surface area contributed by atoms with Crippen LogP contribution < -0.4 is 16.4 Å². The van der Waals surface area contributed by atoms with Gasteiger partial charge in [0.25, 0.3) is 5.91 Å². The zero-order valence-corrected chi connectivity index (χ0v) is 17.1. The van der Waals surface area contributed by atoms with Crippen molar-refractivity contribution < 1.29 is 14.4 Å². The van der Waals surface area contributed by atoms with E-state index in [1.165, 1.54) is 0 Å². The number of rotatable bonds is 8. The Morgan fingerprint density at radius 1 is 1.00 bits per heavy atom. The van der Waals surface area contributed by atoms with Crippen LogP contribution >= 0.6 is 0 Å². The fourth-order valence-corrected chi connectivity index (χ4v) is 3.23. The maximum absolute atomic E-state index is 12.7. The molecule has 0 spiro atoms. The van der Waals surface area contributed by atoms with Gasteiger partial charge in [-0.05, 0) is 44.0 Å². The fraction of sp³-hybridized carbons (Fsp3) is 0.318. The zero-order valence-electron chi connectivity index (χ0n) is 17.1. The number of carbonyl (C=O) groups excluding carboxylic acids is 3. The zero-order chi connectivity index (χ0) is 21.4. The van der Waals surface area contributed by atoms with Crippen LogP contribution in [0.15, 0.2) is 48.5 Å². The van der Waals surface area contributed by atoms with E-state index in [0.717, 1.165) is 11.1 Å². The lowest BCUT2D eigenvalue weighted by atomic mass is 9.98. The number of benzene rings is 2. The molecule has 154 valence electrons. The van der Waals surface area contributed by atoms with E-state index < -0.39 is 12.1 Å². The summed E-state index contributed by atoms with van der Waals surface area (Å²) in [6.07, 6.45) is -0.0123. The minimum atomic E-state index is -0.705. The SMILES string of the molecule is CCN(CC)C(=O)c1ccccc1NC(=O)CC(NC(N)=O)c1ccccc1C. The highest BCUT2D eigenvalue weighted by atomic mass is 16.2. The normalized spacial score (nSPS) is 11.4. The lowest BCUT2D eigenvalue weighted by Crippen LogP contribution is -2.36. The molecule has 0 aromatic heterocycles. The molecule has 7 nitrogen and oxygen atoms in total. The van der Waals surface area contributed by atoms with Crippen LogP contribution in [0.2, 0.25) is 0 Å². The first-order valence-corrected chi connectivity index (χ1v) is 9.67. The smallest absolute Gasteiger partial charge is 0.312 e. The Morgan fingerprint density at radius 2 is 1.62 bits per heavy atom. The molecule has 0 aliphatic carbocycles. The van der Waals surface area contributed by atoms with Gasteiger partial charge in [0.2, 0.25) is 5.91 Å². The van der Waals surface area contributed by atoms with Crippen molar-refractivity contribution >= 4 is 23.5 Å². The second-order valence-electron chi connectivity index (χ2n) is 6.69. The third-order valence-corrected chi connectivity index (χ3v) is 4.75. The predicted molar refractivity (Wildman–Crippen MR) is 114 cm³/mol. The van der Waals surface area contributed by atoms with Crippen LogP contribution in [0.4, 0.5) is 10.5 Å². The summed E-state index contributed by atoms with van der Waals surface area (Å²) in [5.41, 5.74) is 7.93. The van der Waals surface area contributed by atoms with Crippen LogP contribution in [0.3, 0.4) is 0 Å². The number of anilines is 1. The van der Waals surface area contributed by atoms with E-state index in [4.69, 9.17) is 5.73 Å². The second kappa shape index (κ2) is 10.3. The molecule has 0 radical (unpaired) electrons. The van der Waals surface area contributed by atoms with Crippen molar-refractivity contribution in [3.8, 4) is 0 Å². The average molecular weight is 396 g/mol. The Kier molecular flexibility index (Phi) is 7.77. The molecule has 0 saturated heterocycles. The van der Waals surface area contributed by atoms with Gasteiger partial charge in [-0.15, -0.1) is 0 Å². The number of urea groups is 1. The van der Waals surface area contributed by atoms with Gasteiger partial charge in [-0.3, -0.25) is 9.59 Å². The lowest BCUT2D eigenvalue weighted by molar-refractivity contribution is -0.116. The van der Waals surface area contributed by atoms with E-state index in [2.05, 4.69) is 10.6 Å². The number of aryl methyl sites for hydroxylation is 1. The number of carbonyl (C=O) groups is 3. The molecule has 1 unspecified atom stereocenters. The molecule has 1 atom stereocenters. The third kappa shape index (κ3) is 5.81. The number of hydrogen-bond acceptors (Lipinski definition) is 3. The molecule has 0 aliphatic heterocycles. The standard InChI is InChI=1S/C22H28N4O3/c1-4-26(5-2)21(28)17-12-8-9-13-18(17)24-20(27)14-19(25-22(23)29)16-11-7-6-10-15(16)3/h6-13,19H,4-5,14H2,1-3H3,(H,24,27)(H3,23,25,29). The summed E-state index contributed by atoms with van der Waals surface area (Å²) in [4.78, 5) is 38.6. The van der Waals surface area contributed by atoms with E-state index in [1.807, 2.05) is 45.0 Å². The molecular formula is C22H28N4O3. The first-order valence-electron chi connectivity index (χ1n) is 9.67. The van der Waals surface area contributed by atoms with E-state index in [0.29, 0.717) is 24.3 Å². The summed E-state index contributed by atoms with van der Waals surface area (Å²) >= 11 is 0. The van der Waals surface area contributed by atoms with Gasteiger partial charge in [0.05, 0.1) is 23.7 Å². The van der Waals surface area contributed by atoms with Gasteiger partial charge in [0.1, 0.15) is 0 Å². The van der Waals surface area contributed by atoms with Crippen molar-refractivity contribution in [1.29, 1.82) is 0 Å². The molecule has 29 heavy (non-hydrogen) atoms. The Balaban J connectivity index is 2.22. The molecule has 0 bridgehead atoms. The summed E-state index contributed by atoms with van der Waals surface area (Å²) < 4.78 is 0. The molecule has 0 fully saturated rings. The highest BCUT2D eigenvalue weighted by molar-refractivity contribution is 6.03. The number of primary amides is 1. The summed E-state index contributed by atoms with van der Waals surface area (Å²) in [5, 5.41) is 5.44. The van der Waals surface area contributed by atoms with Crippen molar-refractivity contribution in [2.75, 3.05) is 18.4 Å². The molecule has 2 aromatic rings. The quantitative estimate of drug-likeness (QED) is 0.638. The number of amides is 4. The summed E-state index contributed by atoms with van der Waals surface area (Å²) in [6.45, 7) is 6.88. The molecule has 7 heteroatoms. The average Bonchev–Trinajstić information content (AvgIpc) is 2.68. The van der Waals surface area contributed by atoms with Gasteiger partial charge in [-0.1, -0.05) is 36.4 Å². The molecule has 2 rings (SSSR count). The Labute approximate surface area is 171 Å². The summed E-state index contributed by atoms with van der Waals surface area (Å²) in [5.74, 6) is -0.469. The number of para-hydroxylation sites is 1. The topological polar surface area (TPSA) is 105 Å². The molecular weight excluding hydrogens is 368 g/mol.